The number of aliphatic hydroxyl groups excluding tert-OH is 2. The van der Waals surface area contributed by atoms with Crippen LogP contribution in [0.3, 0.4) is 0 Å². The number of hydrogen-bond donors (Lipinski definition) is 5. The molecule has 6 rings (SSSR count). The molecule has 15 heteroatoms. The maximum atomic E-state index is 11.2. The number of aliphatic hydroxyl groups is 2. The van der Waals surface area contributed by atoms with E-state index in [1.807, 2.05) is 0 Å². The van der Waals surface area contributed by atoms with Crippen molar-refractivity contribution < 1.29 is 29.3 Å². The van der Waals surface area contributed by atoms with Gasteiger partial charge in [-0.2, -0.15) is 9.97 Å². The predicted octanol–water partition coefficient (Wildman–Crippen LogP) is -0.964. The third-order valence-corrected chi connectivity index (χ3v) is 7.30. The van der Waals surface area contributed by atoms with Crippen molar-refractivity contribution in [2.45, 2.75) is 37.1 Å². The molecule has 32 heavy (non-hydrogen) atoms. The maximum absolute atomic E-state index is 11.2. The van der Waals surface area contributed by atoms with Crippen molar-refractivity contribution in [3.8, 4) is 0 Å². The van der Waals surface area contributed by atoms with Crippen molar-refractivity contribution in [3.63, 3.8) is 0 Å². The molecule has 0 spiro atoms. The van der Waals surface area contributed by atoms with Gasteiger partial charge < -0.3 is 30.1 Å². The van der Waals surface area contributed by atoms with E-state index >= 15 is 0 Å². The van der Waals surface area contributed by atoms with Gasteiger partial charge in [-0.25, -0.2) is 4.98 Å². The Morgan fingerprint density at radius 3 is 2.59 bits per heavy atom. The van der Waals surface area contributed by atoms with E-state index in [4.69, 9.17) is 26.1 Å². The number of aromatic nitrogens is 4. The molecular weight excluding hydrogens is 465 g/mol. The highest BCUT2D eigenvalue weighted by atomic mass is 35.5. The number of nitrogens with one attached hydrogen (secondary N) is 1. The molecule has 5 N–H and O–H groups in total. The van der Waals surface area contributed by atoms with Gasteiger partial charge in [0, 0.05) is 32.7 Å². The number of fused-ring (bicyclic) bond motifs is 4. The molecule has 4 aliphatic rings. The van der Waals surface area contributed by atoms with Crippen LogP contribution < -0.4 is 5.32 Å². The summed E-state index contributed by atoms with van der Waals surface area (Å²) in [6.07, 6.45) is -3.75. The second-order valence-corrected chi connectivity index (χ2v) is 10.5. The van der Waals surface area contributed by atoms with Crippen molar-refractivity contribution in [2.75, 3.05) is 44.2 Å². The summed E-state index contributed by atoms with van der Waals surface area (Å²) in [6, 6.07) is 0. The Kier molecular flexibility index (Phi) is 5.89. The fourth-order valence-electron chi connectivity index (χ4n) is 4.58. The molecule has 0 aliphatic carbocycles. The number of hydrogen-bond acceptors (Lipinski definition) is 10. The highest BCUT2D eigenvalue weighted by Gasteiger charge is 2.45. The van der Waals surface area contributed by atoms with Crippen LogP contribution in [0.15, 0.2) is 6.33 Å². The Hall–Kier alpha value is -1.41. The van der Waals surface area contributed by atoms with Gasteiger partial charge in [-0.15, -0.1) is 0 Å². The van der Waals surface area contributed by atoms with Crippen LogP contribution in [0.2, 0.25) is 5.28 Å². The van der Waals surface area contributed by atoms with Gasteiger partial charge in [0.25, 0.3) is 0 Å². The minimum atomic E-state index is -4.26. The van der Waals surface area contributed by atoms with Crippen LogP contribution in [-0.4, -0.2) is 113 Å². The Morgan fingerprint density at radius 2 is 1.94 bits per heavy atom. The fourth-order valence-corrected chi connectivity index (χ4v) is 5.34. The van der Waals surface area contributed by atoms with Gasteiger partial charge >= 0.3 is 7.60 Å². The number of rotatable bonds is 6. The molecular formula is C17H25ClN7O6P. The van der Waals surface area contributed by atoms with Gasteiger partial charge in [-0.3, -0.25) is 18.9 Å². The highest BCUT2D eigenvalue weighted by molar-refractivity contribution is 7.51. The summed E-state index contributed by atoms with van der Waals surface area (Å²) in [7, 11) is -4.26. The molecule has 176 valence electrons. The van der Waals surface area contributed by atoms with E-state index in [-0.39, 0.29) is 17.9 Å². The lowest BCUT2D eigenvalue weighted by molar-refractivity contribution is -0.0355. The molecule has 0 saturated carbocycles. The first-order valence-electron chi connectivity index (χ1n) is 10.4. The van der Waals surface area contributed by atoms with Gasteiger partial charge in [0.05, 0.1) is 24.8 Å². The SMILES string of the molecule is O=P(O)(O)CCC1OC(n2cnc3c(NC4CN5CCN4CC5)nc(Cl)nc32)C(O)C1O. The Morgan fingerprint density at radius 1 is 1.19 bits per heavy atom. The van der Waals surface area contributed by atoms with Crippen molar-refractivity contribution in [2.24, 2.45) is 0 Å². The van der Waals surface area contributed by atoms with Gasteiger partial charge in [-0.1, -0.05) is 0 Å². The standard InChI is InChI=1S/C17H25ClN7O6P/c18-17-21-14(20-10-7-23-2-4-24(10)5-3-23)11-15(22-17)25(8-19-11)16-13(27)12(26)9(31-16)1-6-32(28,29)30/h8-10,12-13,16,26-27H,1-7H2,(H,20,21,22)(H2,28,29,30). The second kappa shape index (κ2) is 8.42. The van der Waals surface area contributed by atoms with Crippen molar-refractivity contribution >= 4 is 36.2 Å². The first-order valence-corrected chi connectivity index (χ1v) is 12.6. The monoisotopic (exact) mass is 489 g/mol. The molecule has 4 aliphatic heterocycles. The third kappa shape index (κ3) is 4.25. The van der Waals surface area contributed by atoms with E-state index in [1.165, 1.54) is 10.9 Å². The molecule has 2 aromatic heterocycles. The van der Waals surface area contributed by atoms with Crippen LogP contribution in [0.25, 0.3) is 11.2 Å². The topological polar surface area (TPSA) is 169 Å². The summed E-state index contributed by atoms with van der Waals surface area (Å²) in [5.41, 5.74) is 0.756. The molecule has 0 aromatic carbocycles. The average molecular weight is 490 g/mol. The second-order valence-electron chi connectivity index (χ2n) is 8.39. The zero-order valence-electron chi connectivity index (χ0n) is 17.0. The van der Waals surface area contributed by atoms with Crippen LogP contribution in [-0.2, 0) is 9.30 Å². The maximum Gasteiger partial charge on any atom is 0.325 e. The summed E-state index contributed by atoms with van der Waals surface area (Å²) in [4.78, 5) is 35.9. The van der Waals surface area contributed by atoms with Gasteiger partial charge in [-0.05, 0) is 18.0 Å². The molecule has 4 saturated heterocycles. The molecule has 0 amide bonds. The number of halogens is 1. The van der Waals surface area contributed by atoms with E-state index in [1.54, 1.807) is 0 Å². The van der Waals surface area contributed by atoms with Crippen LogP contribution in [0, 0.1) is 0 Å². The number of imidazole rings is 1. The van der Waals surface area contributed by atoms with Gasteiger partial charge in [0.15, 0.2) is 23.2 Å². The molecule has 0 radical (unpaired) electrons. The summed E-state index contributed by atoms with van der Waals surface area (Å²) in [6.45, 7) is 4.85. The first kappa shape index (κ1) is 22.4. The number of piperazine rings is 3. The molecule has 6 heterocycles. The van der Waals surface area contributed by atoms with Crippen LogP contribution in [0.1, 0.15) is 12.6 Å². The number of nitrogens with zero attached hydrogens (tertiary/aromatic N) is 6. The lowest BCUT2D eigenvalue weighted by Gasteiger charge is -2.47. The molecule has 2 aromatic rings. The van der Waals surface area contributed by atoms with Gasteiger partial charge in [0.2, 0.25) is 5.28 Å². The minimum Gasteiger partial charge on any atom is -0.388 e. The van der Waals surface area contributed by atoms with Crippen LogP contribution >= 0.6 is 19.2 Å². The minimum absolute atomic E-state index is 0.0101. The van der Waals surface area contributed by atoms with E-state index in [0.29, 0.717) is 17.0 Å². The van der Waals surface area contributed by atoms with E-state index < -0.39 is 38.3 Å². The lowest BCUT2D eigenvalue weighted by atomic mass is 10.1. The molecule has 2 bridgehead atoms. The predicted molar refractivity (Wildman–Crippen MR) is 113 cm³/mol. The zero-order chi connectivity index (χ0) is 22.6. The average Bonchev–Trinajstić information content (AvgIpc) is 3.28. The molecule has 13 nitrogen and oxygen atoms in total. The van der Waals surface area contributed by atoms with E-state index in [9.17, 15) is 14.8 Å². The van der Waals surface area contributed by atoms with E-state index in [0.717, 1.165) is 32.7 Å². The lowest BCUT2D eigenvalue weighted by Crippen LogP contribution is -2.63. The number of ether oxygens (including phenoxy) is 1. The largest absolute Gasteiger partial charge is 0.388 e. The Bertz CT molecular complexity index is 1040. The Labute approximate surface area is 188 Å². The summed E-state index contributed by atoms with van der Waals surface area (Å²) in [5, 5.41) is 24.3. The normalized spacial score (nSPS) is 35.0. The van der Waals surface area contributed by atoms with Crippen molar-refractivity contribution in [1.29, 1.82) is 0 Å². The third-order valence-electron chi connectivity index (χ3n) is 6.29. The summed E-state index contributed by atoms with van der Waals surface area (Å²) >= 11 is 6.18. The molecule has 5 unspecified atom stereocenters. The first-order chi connectivity index (χ1) is 15.2. The molecule has 4 fully saturated rings. The highest BCUT2D eigenvalue weighted by Crippen LogP contribution is 2.39. The van der Waals surface area contributed by atoms with Gasteiger partial charge in [0.1, 0.15) is 12.2 Å². The molecule has 5 atom stereocenters. The van der Waals surface area contributed by atoms with E-state index in [2.05, 4.69) is 30.1 Å². The van der Waals surface area contributed by atoms with Crippen LogP contribution in [0.5, 0.6) is 0 Å². The fraction of sp³-hybridized carbons (Fsp3) is 0.706. The van der Waals surface area contributed by atoms with Crippen molar-refractivity contribution in [1.82, 2.24) is 29.3 Å². The summed E-state index contributed by atoms with van der Waals surface area (Å²) < 4.78 is 18.4. The van der Waals surface area contributed by atoms with Crippen molar-refractivity contribution in [3.05, 3.63) is 11.6 Å². The smallest absolute Gasteiger partial charge is 0.325 e. The van der Waals surface area contributed by atoms with Crippen LogP contribution in [0.4, 0.5) is 5.82 Å². The quantitative estimate of drug-likeness (QED) is 0.249. The zero-order valence-corrected chi connectivity index (χ0v) is 18.7. The Balaban J connectivity index is 1.40. The summed E-state index contributed by atoms with van der Waals surface area (Å²) in [5.74, 6) is 0.462. The number of anilines is 1.